The molecule has 0 aromatic carbocycles. The Bertz CT molecular complexity index is 39.7. The number of alkyl halides is 3. The summed E-state index contributed by atoms with van der Waals surface area (Å²) in [5, 5.41) is 0. The topological polar surface area (TPSA) is 0 Å². The Morgan fingerprint density at radius 3 is 1.62 bits per heavy atom. The first-order valence-corrected chi connectivity index (χ1v) is 8.00. The molecule has 0 spiro atoms. The van der Waals surface area contributed by atoms with Crippen LogP contribution in [0.3, 0.4) is 0 Å². The molecule has 0 aromatic heterocycles. The van der Waals surface area contributed by atoms with Crippen LogP contribution in [0.15, 0.2) is 0 Å². The molecule has 0 radical (unpaired) electrons. The van der Waals surface area contributed by atoms with Crippen molar-refractivity contribution in [1.29, 1.82) is 0 Å². The van der Waals surface area contributed by atoms with Crippen LogP contribution in [0, 0.1) is 0 Å². The van der Waals surface area contributed by atoms with Crippen LogP contribution < -0.4 is 0 Å². The van der Waals surface area contributed by atoms with Crippen molar-refractivity contribution >= 4 is 19.8 Å². The van der Waals surface area contributed by atoms with Crippen LogP contribution in [-0.2, 0) is 0 Å². The van der Waals surface area contributed by atoms with Crippen molar-refractivity contribution in [2.45, 2.75) is 27.2 Å². The maximum absolute atomic E-state index is 2.35. The van der Waals surface area contributed by atoms with Gasteiger partial charge in [0.2, 0.25) is 0 Å². The van der Waals surface area contributed by atoms with Gasteiger partial charge in [0.05, 0.1) is 0 Å². The number of hydrogen-bond acceptors (Lipinski definition) is 0. The Hall–Kier alpha value is 0.730. The number of hydrogen-bond donors (Lipinski definition) is 0. The van der Waals surface area contributed by atoms with Gasteiger partial charge in [-0.3, -0.25) is 0 Å². The zero-order chi connectivity index (χ0) is 6.41. The predicted octanol–water partition coefficient (Wildman–Crippen LogP) is 2.94. The van der Waals surface area contributed by atoms with Crippen LogP contribution in [-0.4, -0.2) is 13.3 Å². The second-order valence-electron chi connectivity index (χ2n) is 1.79. The summed E-state index contributed by atoms with van der Waals surface area (Å²) >= 11 is -0.345. The first kappa shape index (κ1) is 8.73. The van der Waals surface area contributed by atoms with Gasteiger partial charge in [-0.25, -0.2) is 0 Å². The van der Waals surface area contributed by atoms with Gasteiger partial charge in [0.1, 0.15) is 0 Å². The minimum absolute atomic E-state index is 0.345. The van der Waals surface area contributed by atoms with Crippen LogP contribution in [0.4, 0.5) is 0 Å². The van der Waals surface area contributed by atoms with E-state index in [1.165, 1.54) is 15.3 Å². The van der Waals surface area contributed by atoms with Gasteiger partial charge in [0.25, 0.3) is 0 Å². The molecule has 8 heavy (non-hydrogen) atoms. The molecule has 0 aromatic rings. The molecule has 52 valence electrons. The summed E-state index contributed by atoms with van der Waals surface area (Å²) < 4.78 is 4.62. The second-order valence-corrected chi connectivity index (χ2v) is 9.16. The molecule has 0 heterocycles. The Morgan fingerprint density at radius 1 is 1.00 bits per heavy atom. The molecule has 0 rings (SSSR count). The summed E-state index contributed by atoms with van der Waals surface area (Å²) in [6.07, 6.45) is 1.42. The molecule has 0 fully saturated rings. The van der Waals surface area contributed by atoms with Gasteiger partial charge in [0.15, 0.2) is 0 Å². The van der Waals surface area contributed by atoms with Crippen LogP contribution in [0.2, 0.25) is 0 Å². The second kappa shape index (κ2) is 5.86. The Labute approximate surface area is 60.4 Å². The van der Waals surface area contributed by atoms with E-state index in [2.05, 4.69) is 20.8 Å². The summed E-state index contributed by atoms with van der Waals surface area (Å²) in [6, 6.07) is 0. The molecular weight excluding hydrogens is 211 g/mol. The minimum atomic E-state index is -0.345. The fourth-order valence-electron chi connectivity index (χ4n) is 0.724. The van der Waals surface area contributed by atoms with Gasteiger partial charge >= 0.3 is 60.3 Å². The van der Waals surface area contributed by atoms with Crippen molar-refractivity contribution in [3.63, 3.8) is 0 Å². The number of rotatable bonds is 4. The third kappa shape index (κ3) is 3.70. The fraction of sp³-hybridized carbons (Fsp3) is 1.00. The van der Waals surface area contributed by atoms with Crippen molar-refractivity contribution < 1.29 is 0 Å². The van der Waals surface area contributed by atoms with Crippen LogP contribution >= 0.6 is 19.8 Å². The van der Waals surface area contributed by atoms with E-state index in [9.17, 15) is 0 Å². The molecule has 0 aliphatic carbocycles. The van der Waals surface area contributed by atoms with E-state index in [1.807, 2.05) is 0 Å². The predicted molar refractivity (Wildman–Crippen MR) is 50.3 cm³/mol. The molecule has 1 heteroatoms. The van der Waals surface area contributed by atoms with Crippen LogP contribution in [0.25, 0.3) is 0 Å². The fourth-order valence-corrected chi connectivity index (χ4v) is 4.85. The molecule has 0 aliphatic heterocycles. The van der Waals surface area contributed by atoms with Crippen LogP contribution in [0.5, 0.6) is 0 Å². The van der Waals surface area contributed by atoms with Gasteiger partial charge in [-0.15, -0.1) is 0 Å². The monoisotopic (exact) mass is 228 g/mol. The van der Waals surface area contributed by atoms with Crippen molar-refractivity contribution in [3.8, 4) is 0 Å². The molecule has 0 saturated heterocycles. The molecule has 0 amide bonds. The van der Waals surface area contributed by atoms with Gasteiger partial charge in [-0.05, 0) is 0 Å². The molecular formula is C7H17I. The van der Waals surface area contributed by atoms with Crippen molar-refractivity contribution in [1.82, 2.24) is 0 Å². The summed E-state index contributed by atoms with van der Waals surface area (Å²) in [5.74, 6) is 0. The third-order valence-electron chi connectivity index (χ3n) is 1.21. The van der Waals surface area contributed by atoms with E-state index in [1.54, 1.807) is 4.43 Å². The van der Waals surface area contributed by atoms with E-state index in [4.69, 9.17) is 0 Å². The summed E-state index contributed by atoms with van der Waals surface area (Å²) in [7, 11) is 0. The van der Waals surface area contributed by atoms with Crippen molar-refractivity contribution in [2.24, 2.45) is 0 Å². The van der Waals surface area contributed by atoms with E-state index in [0.717, 1.165) is 0 Å². The summed E-state index contributed by atoms with van der Waals surface area (Å²) in [4.78, 5) is 0. The first-order chi connectivity index (χ1) is 3.85. The van der Waals surface area contributed by atoms with Crippen molar-refractivity contribution in [3.05, 3.63) is 0 Å². The van der Waals surface area contributed by atoms with Crippen molar-refractivity contribution in [2.75, 3.05) is 13.3 Å². The summed E-state index contributed by atoms with van der Waals surface area (Å²) in [5.41, 5.74) is 0. The van der Waals surface area contributed by atoms with E-state index < -0.39 is 0 Å². The average molecular weight is 228 g/mol. The molecule has 0 nitrogen and oxygen atoms in total. The van der Waals surface area contributed by atoms with Crippen LogP contribution in [0.1, 0.15) is 27.2 Å². The molecule has 0 aliphatic rings. The first-order valence-electron chi connectivity index (χ1n) is 3.42. The molecule has 0 N–H and O–H groups in total. The third-order valence-corrected chi connectivity index (χ3v) is 8.13. The quantitative estimate of drug-likeness (QED) is 0.512. The van der Waals surface area contributed by atoms with E-state index >= 15 is 0 Å². The van der Waals surface area contributed by atoms with E-state index in [-0.39, 0.29) is 19.8 Å². The zero-order valence-electron chi connectivity index (χ0n) is 6.21. The maximum atomic E-state index is 2.35. The van der Waals surface area contributed by atoms with Gasteiger partial charge in [-0.1, -0.05) is 0 Å². The zero-order valence-corrected chi connectivity index (χ0v) is 8.36. The normalized spacial score (nSPS) is 11.6. The number of halogens is 1. The van der Waals surface area contributed by atoms with E-state index in [0.29, 0.717) is 0 Å². The SMILES string of the molecule is CCCI(CC)CC. The Balaban J connectivity index is 3.07. The van der Waals surface area contributed by atoms with Gasteiger partial charge in [-0.2, -0.15) is 0 Å². The average Bonchev–Trinajstić information content (AvgIpc) is 1.83. The molecule has 0 saturated carbocycles. The van der Waals surface area contributed by atoms with Gasteiger partial charge < -0.3 is 0 Å². The Morgan fingerprint density at radius 2 is 1.50 bits per heavy atom. The summed E-state index contributed by atoms with van der Waals surface area (Å²) in [6.45, 7) is 7.00. The molecule has 0 atom stereocenters. The Kier molecular flexibility index (Phi) is 6.39. The van der Waals surface area contributed by atoms with Gasteiger partial charge in [0, 0.05) is 0 Å². The standard InChI is InChI=1S/C7H17I/c1-4-7-8(5-2)6-3/h4-7H2,1-3H3. The molecule has 0 unspecified atom stereocenters. The molecule has 0 bridgehead atoms.